The Labute approximate surface area is 160 Å². The zero-order chi connectivity index (χ0) is 19.4. The molecule has 0 saturated carbocycles. The van der Waals surface area contributed by atoms with Crippen LogP contribution in [0, 0.1) is 0 Å². The van der Waals surface area contributed by atoms with E-state index in [1.54, 1.807) is 32.5 Å². The minimum Gasteiger partial charge on any atom is -0.468 e. The molecule has 1 aliphatic rings. The number of nitrogens with one attached hydrogen (secondary N) is 1. The molecule has 0 spiro atoms. The Balaban J connectivity index is 1.77. The fraction of sp³-hybridized carbons (Fsp3) is 0.421. The fourth-order valence-corrected chi connectivity index (χ4v) is 4.35. The highest BCUT2D eigenvalue weighted by Crippen LogP contribution is 2.25. The molecule has 0 aliphatic carbocycles. The Morgan fingerprint density at radius 1 is 1.22 bits per heavy atom. The number of likely N-dealkylation sites (tertiary alicyclic amines) is 1. The number of nitrogens with zero attached hydrogens (tertiary/aromatic N) is 2. The first kappa shape index (κ1) is 19.6. The monoisotopic (exact) mass is 391 g/mol. The number of furan rings is 1. The van der Waals surface area contributed by atoms with Gasteiger partial charge in [0.2, 0.25) is 10.0 Å². The van der Waals surface area contributed by atoms with Crippen molar-refractivity contribution >= 4 is 15.9 Å². The molecule has 0 radical (unpaired) electrons. The van der Waals surface area contributed by atoms with Gasteiger partial charge in [0.15, 0.2) is 0 Å². The summed E-state index contributed by atoms with van der Waals surface area (Å²) in [5, 5.41) is 0. The summed E-state index contributed by atoms with van der Waals surface area (Å²) in [6, 6.07) is 9.61. The van der Waals surface area contributed by atoms with Gasteiger partial charge < -0.3 is 9.32 Å². The number of hydrogen-bond donors (Lipinski definition) is 1. The maximum atomic E-state index is 12.8. The molecule has 146 valence electrons. The molecule has 27 heavy (non-hydrogen) atoms. The van der Waals surface area contributed by atoms with Gasteiger partial charge in [0, 0.05) is 26.2 Å². The largest absolute Gasteiger partial charge is 0.468 e. The van der Waals surface area contributed by atoms with Crippen LogP contribution in [0.15, 0.2) is 52.0 Å². The normalized spacial score (nSPS) is 16.4. The fourth-order valence-electron chi connectivity index (χ4n) is 3.27. The second kappa shape index (κ2) is 8.24. The molecule has 1 aromatic carbocycles. The lowest BCUT2D eigenvalue weighted by Gasteiger charge is -2.26. The summed E-state index contributed by atoms with van der Waals surface area (Å²) in [6.45, 7) is 2.04. The molecule has 1 fully saturated rings. The van der Waals surface area contributed by atoms with Crippen LogP contribution in [0.5, 0.6) is 0 Å². The number of benzene rings is 1. The summed E-state index contributed by atoms with van der Waals surface area (Å²) in [7, 11) is -0.485. The lowest BCUT2D eigenvalue weighted by atomic mass is 10.2. The molecule has 1 amide bonds. The van der Waals surface area contributed by atoms with Crippen molar-refractivity contribution < 1.29 is 17.6 Å². The van der Waals surface area contributed by atoms with Gasteiger partial charge >= 0.3 is 0 Å². The average molecular weight is 391 g/mol. The maximum absolute atomic E-state index is 12.8. The molecular weight excluding hydrogens is 366 g/mol. The van der Waals surface area contributed by atoms with Crippen LogP contribution in [-0.4, -0.2) is 57.9 Å². The van der Waals surface area contributed by atoms with Gasteiger partial charge in [-0.05, 0) is 56.3 Å². The smallest absolute Gasteiger partial charge is 0.253 e. The standard InChI is InChI=1S/C19H25N3O4S/c1-21(2)19(23)15-7-5-8-16(13-15)27(24,25)20-14-17(18-9-6-12-26-18)22-10-3-4-11-22/h5-9,12-13,17,20H,3-4,10-11,14H2,1-2H3. The Morgan fingerprint density at radius 2 is 1.96 bits per heavy atom. The molecule has 0 bridgehead atoms. The molecule has 7 nitrogen and oxygen atoms in total. The summed E-state index contributed by atoms with van der Waals surface area (Å²) in [5.41, 5.74) is 0.338. The van der Waals surface area contributed by atoms with E-state index in [-0.39, 0.29) is 23.4 Å². The highest BCUT2D eigenvalue weighted by molar-refractivity contribution is 7.89. The van der Waals surface area contributed by atoms with Crippen molar-refractivity contribution in [3.8, 4) is 0 Å². The number of amides is 1. The van der Waals surface area contributed by atoms with E-state index in [4.69, 9.17) is 4.42 Å². The van der Waals surface area contributed by atoms with Gasteiger partial charge in [-0.15, -0.1) is 0 Å². The third-order valence-corrected chi connectivity index (χ3v) is 6.14. The first-order valence-electron chi connectivity index (χ1n) is 8.97. The summed E-state index contributed by atoms with van der Waals surface area (Å²) in [5.74, 6) is 0.508. The van der Waals surface area contributed by atoms with Crippen molar-refractivity contribution in [1.82, 2.24) is 14.5 Å². The van der Waals surface area contributed by atoms with Crippen molar-refractivity contribution in [2.24, 2.45) is 0 Å². The van der Waals surface area contributed by atoms with E-state index < -0.39 is 10.0 Å². The number of rotatable bonds is 7. The predicted octanol–water partition coefficient (Wildman–Crippen LogP) is 2.10. The zero-order valence-electron chi connectivity index (χ0n) is 15.6. The number of sulfonamides is 1. The molecule has 8 heteroatoms. The van der Waals surface area contributed by atoms with Gasteiger partial charge in [0.05, 0.1) is 17.2 Å². The van der Waals surface area contributed by atoms with Gasteiger partial charge in [-0.25, -0.2) is 13.1 Å². The minimum atomic E-state index is -3.75. The van der Waals surface area contributed by atoms with Gasteiger partial charge in [0.1, 0.15) is 5.76 Å². The van der Waals surface area contributed by atoms with Crippen LogP contribution in [0.25, 0.3) is 0 Å². The molecule has 1 unspecified atom stereocenters. The lowest BCUT2D eigenvalue weighted by molar-refractivity contribution is 0.0827. The molecule has 3 rings (SSSR count). The summed E-state index contributed by atoms with van der Waals surface area (Å²) in [4.78, 5) is 15.8. The zero-order valence-corrected chi connectivity index (χ0v) is 16.4. The quantitative estimate of drug-likeness (QED) is 0.782. The summed E-state index contributed by atoms with van der Waals surface area (Å²) >= 11 is 0. The Morgan fingerprint density at radius 3 is 2.59 bits per heavy atom. The van der Waals surface area contributed by atoms with Crippen LogP contribution in [-0.2, 0) is 10.0 Å². The van der Waals surface area contributed by atoms with Gasteiger partial charge in [0.25, 0.3) is 5.91 Å². The van der Waals surface area contributed by atoms with E-state index in [1.807, 2.05) is 12.1 Å². The number of hydrogen-bond acceptors (Lipinski definition) is 5. The molecule has 1 N–H and O–H groups in total. The van der Waals surface area contributed by atoms with E-state index >= 15 is 0 Å². The van der Waals surface area contributed by atoms with Crippen LogP contribution < -0.4 is 4.72 Å². The van der Waals surface area contributed by atoms with Crippen LogP contribution in [0.4, 0.5) is 0 Å². The molecule has 1 aliphatic heterocycles. The third-order valence-electron chi connectivity index (χ3n) is 4.72. The lowest BCUT2D eigenvalue weighted by Crippen LogP contribution is -2.36. The van der Waals surface area contributed by atoms with Crippen molar-refractivity contribution in [3.05, 3.63) is 54.0 Å². The highest BCUT2D eigenvalue weighted by Gasteiger charge is 2.27. The molecular formula is C19H25N3O4S. The molecule has 2 heterocycles. The Hall–Kier alpha value is -2.16. The van der Waals surface area contributed by atoms with E-state index in [9.17, 15) is 13.2 Å². The van der Waals surface area contributed by atoms with Crippen LogP contribution in [0.3, 0.4) is 0 Å². The van der Waals surface area contributed by atoms with Gasteiger partial charge in [-0.3, -0.25) is 9.69 Å². The Bertz CT molecular complexity index is 872. The van der Waals surface area contributed by atoms with Crippen molar-refractivity contribution in [2.45, 2.75) is 23.8 Å². The maximum Gasteiger partial charge on any atom is 0.253 e. The third kappa shape index (κ3) is 4.58. The molecule has 2 aromatic rings. The summed E-state index contributed by atoms with van der Waals surface area (Å²) < 4.78 is 33.8. The highest BCUT2D eigenvalue weighted by atomic mass is 32.2. The average Bonchev–Trinajstić information content (AvgIpc) is 3.35. The van der Waals surface area contributed by atoms with Gasteiger partial charge in [-0.2, -0.15) is 0 Å². The van der Waals surface area contributed by atoms with E-state index in [0.717, 1.165) is 31.7 Å². The predicted molar refractivity (Wildman–Crippen MR) is 102 cm³/mol. The van der Waals surface area contributed by atoms with Crippen LogP contribution in [0.2, 0.25) is 0 Å². The van der Waals surface area contributed by atoms with Crippen molar-refractivity contribution in [3.63, 3.8) is 0 Å². The Kier molecular flexibility index (Phi) is 5.98. The van der Waals surface area contributed by atoms with Crippen LogP contribution >= 0.6 is 0 Å². The van der Waals surface area contributed by atoms with E-state index in [2.05, 4.69) is 9.62 Å². The molecule has 1 atom stereocenters. The van der Waals surface area contributed by atoms with Crippen molar-refractivity contribution in [2.75, 3.05) is 33.7 Å². The molecule has 1 aromatic heterocycles. The number of carbonyl (C=O) groups excluding carboxylic acids is 1. The van der Waals surface area contributed by atoms with Crippen molar-refractivity contribution in [1.29, 1.82) is 0 Å². The first-order valence-corrected chi connectivity index (χ1v) is 10.5. The van der Waals surface area contributed by atoms with Gasteiger partial charge in [-0.1, -0.05) is 6.07 Å². The molecule has 1 saturated heterocycles. The minimum absolute atomic E-state index is 0.0785. The van der Waals surface area contributed by atoms with Crippen LogP contribution in [0.1, 0.15) is 35.0 Å². The SMILES string of the molecule is CN(C)C(=O)c1cccc(S(=O)(=O)NCC(c2ccco2)N2CCCC2)c1. The summed E-state index contributed by atoms with van der Waals surface area (Å²) in [6.07, 6.45) is 3.79. The number of carbonyl (C=O) groups is 1. The van der Waals surface area contributed by atoms with E-state index in [1.165, 1.54) is 17.0 Å². The first-order chi connectivity index (χ1) is 12.9. The van der Waals surface area contributed by atoms with E-state index in [0.29, 0.717) is 5.56 Å². The topological polar surface area (TPSA) is 82.9 Å². The second-order valence-corrected chi connectivity index (χ2v) is 8.62. The second-order valence-electron chi connectivity index (χ2n) is 6.85.